The third kappa shape index (κ3) is 3.60. The first-order chi connectivity index (χ1) is 12.8. The number of hydrogen-bond acceptors (Lipinski definition) is 7. The molecule has 8 nitrogen and oxygen atoms in total. The zero-order valence-corrected chi connectivity index (χ0v) is 14.6. The highest BCUT2D eigenvalue weighted by Crippen LogP contribution is 2.19. The summed E-state index contributed by atoms with van der Waals surface area (Å²) in [5.41, 5.74) is 1.62. The molecule has 4 rings (SSSR count). The maximum atomic E-state index is 12.7. The average molecular weight is 354 g/mol. The van der Waals surface area contributed by atoms with Crippen molar-refractivity contribution < 1.29 is 9.53 Å². The van der Waals surface area contributed by atoms with E-state index >= 15 is 0 Å². The molecule has 0 atom stereocenters. The Hall–Kier alpha value is -2.74. The summed E-state index contributed by atoms with van der Waals surface area (Å²) in [5.74, 6) is 0.792. The molecule has 2 saturated heterocycles. The number of carbonyl (C=O) groups is 1. The minimum absolute atomic E-state index is 0.0268. The first kappa shape index (κ1) is 16.7. The van der Waals surface area contributed by atoms with Crippen LogP contribution < -0.4 is 9.80 Å². The van der Waals surface area contributed by atoms with Crippen molar-refractivity contribution in [1.82, 2.24) is 19.9 Å². The van der Waals surface area contributed by atoms with Gasteiger partial charge in [-0.1, -0.05) is 0 Å². The van der Waals surface area contributed by atoms with Gasteiger partial charge in [0.2, 0.25) is 5.95 Å². The van der Waals surface area contributed by atoms with Crippen molar-refractivity contribution in [3.8, 4) is 0 Å². The monoisotopic (exact) mass is 354 g/mol. The van der Waals surface area contributed by atoms with Crippen molar-refractivity contribution >= 4 is 17.5 Å². The third-order valence-corrected chi connectivity index (χ3v) is 4.75. The molecule has 2 aliphatic heterocycles. The van der Waals surface area contributed by atoms with Gasteiger partial charge in [0.15, 0.2) is 0 Å². The van der Waals surface area contributed by atoms with Crippen LogP contribution in [-0.2, 0) is 4.74 Å². The maximum absolute atomic E-state index is 12.7. The molecule has 1 amide bonds. The fourth-order valence-corrected chi connectivity index (χ4v) is 3.29. The Kier molecular flexibility index (Phi) is 4.92. The van der Waals surface area contributed by atoms with Gasteiger partial charge in [-0.2, -0.15) is 0 Å². The number of rotatable bonds is 3. The molecule has 2 fully saturated rings. The highest BCUT2D eigenvalue weighted by molar-refractivity contribution is 5.94. The number of pyridine rings is 1. The van der Waals surface area contributed by atoms with E-state index in [-0.39, 0.29) is 5.91 Å². The molecule has 136 valence electrons. The molecule has 8 heteroatoms. The number of amides is 1. The molecule has 0 spiro atoms. The summed E-state index contributed by atoms with van der Waals surface area (Å²) in [6.07, 6.45) is 7.00. The zero-order valence-electron chi connectivity index (χ0n) is 14.6. The van der Waals surface area contributed by atoms with Crippen LogP contribution >= 0.6 is 0 Å². The Morgan fingerprint density at radius 1 is 0.923 bits per heavy atom. The van der Waals surface area contributed by atoms with Gasteiger partial charge in [0.25, 0.3) is 5.91 Å². The second kappa shape index (κ2) is 7.65. The highest BCUT2D eigenvalue weighted by Gasteiger charge is 2.22. The summed E-state index contributed by atoms with van der Waals surface area (Å²) in [6.45, 7) is 5.84. The van der Waals surface area contributed by atoms with E-state index in [4.69, 9.17) is 4.74 Å². The van der Waals surface area contributed by atoms with Crippen molar-refractivity contribution in [3.05, 3.63) is 42.5 Å². The van der Waals surface area contributed by atoms with E-state index in [1.165, 1.54) is 0 Å². The summed E-state index contributed by atoms with van der Waals surface area (Å²) >= 11 is 0. The fourth-order valence-electron chi connectivity index (χ4n) is 3.29. The Balaban J connectivity index is 1.42. The normalized spacial score (nSPS) is 18.1. The van der Waals surface area contributed by atoms with E-state index < -0.39 is 0 Å². The second-order valence-corrected chi connectivity index (χ2v) is 6.36. The van der Waals surface area contributed by atoms with Crippen molar-refractivity contribution in [1.29, 1.82) is 0 Å². The predicted molar refractivity (Wildman–Crippen MR) is 97.4 cm³/mol. The second-order valence-electron chi connectivity index (χ2n) is 6.36. The van der Waals surface area contributed by atoms with E-state index in [1.54, 1.807) is 18.6 Å². The summed E-state index contributed by atoms with van der Waals surface area (Å²) in [5, 5.41) is 0. The summed E-state index contributed by atoms with van der Waals surface area (Å²) < 4.78 is 5.32. The number of hydrogen-bond donors (Lipinski definition) is 0. The number of piperazine rings is 1. The average Bonchev–Trinajstić information content (AvgIpc) is 2.75. The molecule has 2 aromatic heterocycles. The maximum Gasteiger partial charge on any atom is 0.255 e. The summed E-state index contributed by atoms with van der Waals surface area (Å²) in [6, 6.07) is 3.77. The first-order valence-electron chi connectivity index (χ1n) is 8.90. The quantitative estimate of drug-likeness (QED) is 0.802. The molecule has 0 aromatic carbocycles. The number of ether oxygens (including phenoxy) is 1. The van der Waals surface area contributed by atoms with Gasteiger partial charge in [0.1, 0.15) is 0 Å². The molecule has 0 radical (unpaired) electrons. The molecular weight excluding hydrogens is 332 g/mol. The number of nitrogens with zero attached hydrogens (tertiary/aromatic N) is 6. The van der Waals surface area contributed by atoms with Crippen LogP contribution in [0.2, 0.25) is 0 Å². The highest BCUT2D eigenvalue weighted by atomic mass is 16.5. The Labute approximate surface area is 152 Å². The molecular formula is C18H22N6O2. The van der Waals surface area contributed by atoms with Gasteiger partial charge in [-0.05, 0) is 12.1 Å². The van der Waals surface area contributed by atoms with Crippen LogP contribution in [0.3, 0.4) is 0 Å². The molecule has 2 aliphatic rings. The molecule has 0 bridgehead atoms. The number of anilines is 2. The largest absolute Gasteiger partial charge is 0.378 e. The SMILES string of the molecule is O=C(c1cncc(N2CCN(c3ncccn3)CC2)c1)N1CCOCC1. The Morgan fingerprint density at radius 2 is 1.62 bits per heavy atom. The van der Waals surface area contributed by atoms with Crippen LogP contribution in [-0.4, -0.2) is 78.2 Å². The van der Waals surface area contributed by atoms with E-state index in [2.05, 4.69) is 24.8 Å². The van der Waals surface area contributed by atoms with Crippen LogP contribution in [0.1, 0.15) is 10.4 Å². The zero-order chi connectivity index (χ0) is 17.8. The van der Waals surface area contributed by atoms with Crippen LogP contribution in [0.25, 0.3) is 0 Å². The molecule has 0 saturated carbocycles. The van der Waals surface area contributed by atoms with Gasteiger partial charge in [-0.25, -0.2) is 9.97 Å². The van der Waals surface area contributed by atoms with E-state index in [0.717, 1.165) is 37.8 Å². The minimum atomic E-state index is 0.0268. The van der Waals surface area contributed by atoms with Crippen LogP contribution in [0.4, 0.5) is 11.6 Å². The summed E-state index contributed by atoms with van der Waals surface area (Å²) in [4.78, 5) is 31.8. The number of aromatic nitrogens is 3. The molecule has 0 unspecified atom stereocenters. The predicted octanol–water partition coefficient (Wildman–Crippen LogP) is 0.671. The van der Waals surface area contributed by atoms with Gasteiger partial charge < -0.3 is 19.4 Å². The molecule has 4 heterocycles. The van der Waals surface area contributed by atoms with Gasteiger partial charge >= 0.3 is 0 Å². The van der Waals surface area contributed by atoms with E-state index in [1.807, 2.05) is 23.2 Å². The van der Waals surface area contributed by atoms with Crippen LogP contribution in [0.15, 0.2) is 36.9 Å². The Bertz CT molecular complexity index is 742. The molecule has 2 aromatic rings. The van der Waals surface area contributed by atoms with Gasteiger partial charge in [-0.3, -0.25) is 9.78 Å². The lowest BCUT2D eigenvalue weighted by Gasteiger charge is -2.36. The standard InChI is InChI=1S/C18H22N6O2/c25-17(23-8-10-26-11-9-23)15-12-16(14-19-13-15)22-4-6-24(7-5-22)18-20-2-1-3-21-18/h1-3,12-14H,4-11H2. The Morgan fingerprint density at radius 3 is 2.35 bits per heavy atom. The third-order valence-electron chi connectivity index (χ3n) is 4.75. The topological polar surface area (TPSA) is 74.7 Å². The lowest BCUT2D eigenvalue weighted by Crippen LogP contribution is -2.47. The van der Waals surface area contributed by atoms with Gasteiger partial charge in [0, 0.05) is 57.9 Å². The van der Waals surface area contributed by atoms with Crippen molar-refractivity contribution in [2.24, 2.45) is 0 Å². The van der Waals surface area contributed by atoms with E-state index in [0.29, 0.717) is 31.9 Å². The molecule has 0 N–H and O–H groups in total. The van der Waals surface area contributed by atoms with Crippen LogP contribution in [0.5, 0.6) is 0 Å². The van der Waals surface area contributed by atoms with Crippen LogP contribution in [0, 0.1) is 0 Å². The fraction of sp³-hybridized carbons (Fsp3) is 0.444. The lowest BCUT2D eigenvalue weighted by molar-refractivity contribution is 0.0302. The van der Waals surface area contributed by atoms with E-state index in [9.17, 15) is 4.79 Å². The van der Waals surface area contributed by atoms with Gasteiger partial charge in [0.05, 0.1) is 30.7 Å². The first-order valence-corrected chi connectivity index (χ1v) is 8.90. The lowest BCUT2D eigenvalue weighted by atomic mass is 10.2. The summed E-state index contributed by atoms with van der Waals surface area (Å²) in [7, 11) is 0. The number of morpholine rings is 1. The van der Waals surface area contributed by atoms with Crippen molar-refractivity contribution in [2.45, 2.75) is 0 Å². The van der Waals surface area contributed by atoms with Gasteiger partial charge in [-0.15, -0.1) is 0 Å². The van der Waals surface area contributed by atoms with Crippen molar-refractivity contribution in [2.75, 3.05) is 62.3 Å². The minimum Gasteiger partial charge on any atom is -0.378 e. The molecule has 26 heavy (non-hydrogen) atoms. The smallest absolute Gasteiger partial charge is 0.255 e. The van der Waals surface area contributed by atoms with Crippen molar-refractivity contribution in [3.63, 3.8) is 0 Å². The number of carbonyl (C=O) groups excluding carboxylic acids is 1. The molecule has 0 aliphatic carbocycles.